The first kappa shape index (κ1) is 87.1. The van der Waals surface area contributed by atoms with Crippen LogP contribution in [0.4, 0.5) is 0 Å². The lowest BCUT2D eigenvalue weighted by atomic mass is 10.0. The molecule has 3 N–H and O–H groups in total. The smallest absolute Gasteiger partial charge is 0.462 e. The Balaban J connectivity index is 5.16. The number of carbonyl (C=O) groups excluding carboxylic acids is 4. The molecule has 0 amide bonds. The first-order valence-electron chi connectivity index (χ1n) is 36.5. The molecule has 17 nitrogen and oxygen atoms in total. The van der Waals surface area contributed by atoms with Gasteiger partial charge >= 0.3 is 39.5 Å². The van der Waals surface area contributed by atoms with Crippen LogP contribution in [-0.4, -0.2) is 96.7 Å². The highest BCUT2D eigenvalue weighted by Gasteiger charge is 2.30. The maximum absolute atomic E-state index is 13.0. The van der Waals surface area contributed by atoms with Crippen LogP contribution in [0.2, 0.25) is 0 Å². The minimum absolute atomic E-state index is 0.104. The van der Waals surface area contributed by atoms with E-state index in [1.165, 1.54) is 167 Å². The fourth-order valence-electron chi connectivity index (χ4n) is 10.6. The van der Waals surface area contributed by atoms with Crippen molar-refractivity contribution < 1.29 is 80.2 Å². The van der Waals surface area contributed by atoms with Crippen molar-refractivity contribution in [1.29, 1.82) is 0 Å². The average Bonchev–Trinajstić information content (AvgIpc) is 3.61. The molecular formula is C70H136O17P2. The van der Waals surface area contributed by atoms with Crippen molar-refractivity contribution in [2.75, 3.05) is 39.6 Å². The van der Waals surface area contributed by atoms with Crippen LogP contribution in [0.25, 0.3) is 0 Å². The number of hydrogen-bond acceptors (Lipinski definition) is 15. The van der Waals surface area contributed by atoms with Gasteiger partial charge in [0.25, 0.3) is 0 Å². The number of carbonyl (C=O) groups is 4. The van der Waals surface area contributed by atoms with Gasteiger partial charge in [-0.25, -0.2) is 9.13 Å². The lowest BCUT2D eigenvalue weighted by Crippen LogP contribution is -2.30. The second-order valence-electron chi connectivity index (χ2n) is 26.2. The van der Waals surface area contributed by atoms with Crippen molar-refractivity contribution >= 4 is 39.5 Å². The monoisotopic (exact) mass is 1310 g/mol. The summed E-state index contributed by atoms with van der Waals surface area (Å²) in [6.45, 7) is 9.46. The van der Waals surface area contributed by atoms with Crippen LogP contribution in [0.1, 0.15) is 356 Å². The fourth-order valence-corrected chi connectivity index (χ4v) is 12.2. The van der Waals surface area contributed by atoms with Gasteiger partial charge in [-0.15, -0.1) is 0 Å². The molecule has 0 radical (unpaired) electrons. The molecule has 5 atom stereocenters. The van der Waals surface area contributed by atoms with E-state index in [9.17, 15) is 43.2 Å². The van der Waals surface area contributed by atoms with E-state index in [4.69, 9.17) is 37.0 Å². The zero-order valence-corrected chi connectivity index (χ0v) is 59.5. The molecule has 2 unspecified atom stereocenters. The SMILES string of the molecule is CCCCCCCCCCCCCCCCCC(=O)OC[C@H](COP(=O)(O)OC[C@@H](O)COP(=O)(O)OC[C@@H](COC(=O)CCCCCCC)OC(=O)CCCCCCCCCCCC(C)C)OC(=O)CCCCCCCCCCCCCCCCC(C)C. The van der Waals surface area contributed by atoms with Crippen LogP contribution in [0, 0.1) is 11.8 Å². The Morgan fingerprint density at radius 1 is 0.303 bits per heavy atom. The summed E-state index contributed by atoms with van der Waals surface area (Å²) in [5.41, 5.74) is 0. The number of phosphoric ester groups is 2. The molecule has 89 heavy (non-hydrogen) atoms. The molecule has 0 aromatic rings. The van der Waals surface area contributed by atoms with E-state index >= 15 is 0 Å². The van der Waals surface area contributed by atoms with Gasteiger partial charge in [-0.3, -0.25) is 37.3 Å². The number of rotatable bonds is 69. The van der Waals surface area contributed by atoms with Crippen molar-refractivity contribution in [2.45, 2.75) is 374 Å². The number of aliphatic hydroxyl groups excluding tert-OH is 1. The van der Waals surface area contributed by atoms with Gasteiger partial charge in [-0.05, 0) is 37.5 Å². The average molecular weight is 1310 g/mol. The molecule has 0 saturated carbocycles. The minimum atomic E-state index is -4.95. The van der Waals surface area contributed by atoms with Crippen LogP contribution in [0.3, 0.4) is 0 Å². The van der Waals surface area contributed by atoms with Crippen molar-refractivity contribution in [1.82, 2.24) is 0 Å². The van der Waals surface area contributed by atoms with Gasteiger partial charge in [-0.2, -0.15) is 0 Å². The summed E-state index contributed by atoms with van der Waals surface area (Å²) < 4.78 is 68.1. The summed E-state index contributed by atoms with van der Waals surface area (Å²) in [6, 6.07) is 0. The van der Waals surface area contributed by atoms with Crippen molar-refractivity contribution in [3.63, 3.8) is 0 Å². The van der Waals surface area contributed by atoms with Gasteiger partial charge < -0.3 is 33.8 Å². The predicted octanol–water partition coefficient (Wildman–Crippen LogP) is 20.0. The minimum Gasteiger partial charge on any atom is -0.462 e. The first-order chi connectivity index (χ1) is 42.9. The summed E-state index contributed by atoms with van der Waals surface area (Å²) in [5, 5.41) is 10.6. The topological polar surface area (TPSA) is 237 Å². The van der Waals surface area contributed by atoms with Crippen molar-refractivity contribution in [3.05, 3.63) is 0 Å². The second-order valence-corrected chi connectivity index (χ2v) is 29.1. The summed E-state index contributed by atoms with van der Waals surface area (Å²) in [5.74, 6) is -0.603. The highest BCUT2D eigenvalue weighted by molar-refractivity contribution is 7.47. The molecule has 0 bridgehead atoms. The van der Waals surface area contributed by atoms with Gasteiger partial charge in [-0.1, -0.05) is 305 Å². The molecule has 0 heterocycles. The van der Waals surface area contributed by atoms with Gasteiger partial charge in [0.15, 0.2) is 12.2 Å². The number of unbranched alkanes of at least 4 members (excludes halogenated alkanes) is 39. The third-order valence-electron chi connectivity index (χ3n) is 16.2. The third-order valence-corrected chi connectivity index (χ3v) is 18.1. The van der Waals surface area contributed by atoms with Crippen LogP contribution >= 0.6 is 15.6 Å². The number of hydrogen-bond donors (Lipinski definition) is 3. The predicted molar refractivity (Wildman–Crippen MR) is 358 cm³/mol. The number of esters is 4. The first-order valence-corrected chi connectivity index (χ1v) is 39.5. The second kappa shape index (κ2) is 62.2. The Labute approximate surface area is 543 Å². The molecule has 0 saturated heterocycles. The van der Waals surface area contributed by atoms with Gasteiger partial charge in [0, 0.05) is 25.7 Å². The molecule has 0 aliphatic carbocycles. The largest absolute Gasteiger partial charge is 0.472 e. The van der Waals surface area contributed by atoms with Crippen molar-refractivity contribution in [3.8, 4) is 0 Å². The van der Waals surface area contributed by atoms with E-state index in [2.05, 4.69) is 41.5 Å². The van der Waals surface area contributed by atoms with Gasteiger partial charge in [0.05, 0.1) is 26.4 Å². The molecular weight excluding hydrogens is 1170 g/mol. The zero-order chi connectivity index (χ0) is 65.7. The zero-order valence-electron chi connectivity index (χ0n) is 57.7. The Morgan fingerprint density at radius 3 is 0.764 bits per heavy atom. The number of phosphoric acid groups is 2. The molecule has 528 valence electrons. The summed E-state index contributed by atoms with van der Waals surface area (Å²) >= 11 is 0. The van der Waals surface area contributed by atoms with Crippen molar-refractivity contribution in [2.24, 2.45) is 11.8 Å². The molecule has 0 aliphatic heterocycles. The maximum Gasteiger partial charge on any atom is 0.472 e. The van der Waals surface area contributed by atoms with Crippen LogP contribution < -0.4 is 0 Å². The highest BCUT2D eigenvalue weighted by Crippen LogP contribution is 2.45. The summed E-state index contributed by atoms with van der Waals surface area (Å²) in [7, 11) is -9.89. The summed E-state index contributed by atoms with van der Waals surface area (Å²) in [6.07, 6.45) is 47.6. The third kappa shape index (κ3) is 64.6. The van der Waals surface area contributed by atoms with E-state index in [0.29, 0.717) is 25.7 Å². The highest BCUT2D eigenvalue weighted by atomic mass is 31.2. The summed E-state index contributed by atoms with van der Waals surface area (Å²) in [4.78, 5) is 72.3. The van der Waals surface area contributed by atoms with E-state index < -0.39 is 97.5 Å². The lowest BCUT2D eigenvalue weighted by molar-refractivity contribution is -0.161. The van der Waals surface area contributed by atoms with E-state index in [0.717, 1.165) is 108 Å². The van der Waals surface area contributed by atoms with Gasteiger partial charge in [0.1, 0.15) is 19.3 Å². The Hall–Kier alpha value is -1.94. The van der Waals surface area contributed by atoms with Crippen LogP contribution in [-0.2, 0) is 65.4 Å². The van der Waals surface area contributed by atoms with Crippen LogP contribution in [0.15, 0.2) is 0 Å². The number of ether oxygens (including phenoxy) is 4. The number of aliphatic hydroxyl groups is 1. The molecule has 0 aliphatic rings. The normalized spacial score (nSPS) is 14.1. The molecule has 0 aromatic heterocycles. The van der Waals surface area contributed by atoms with Crippen LogP contribution in [0.5, 0.6) is 0 Å². The maximum atomic E-state index is 13.0. The fraction of sp³-hybridized carbons (Fsp3) is 0.943. The molecule has 0 rings (SSSR count). The molecule has 0 spiro atoms. The van der Waals surface area contributed by atoms with Gasteiger partial charge in [0.2, 0.25) is 0 Å². The molecule has 0 fully saturated rings. The Morgan fingerprint density at radius 2 is 0.517 bits per heavy atom. The van der Waals surface area contributed by atoms with E-state index in [-0.39, 0.29) is 25.7 Å². The molecule has 19 heteroatoms. The van der Waals surface area contributed by atoms with E-state index in [1.54, 1.807) is 0 Å². The quantitative estimate of drug-likeness (QED) is 0.0222. The lowest BCUT2D eigenvalue weighted by Gasteiger charge is -2.21. The Bertz CT molecular complexity index is 1730. The standard InChI is InChI=1S/C70H136O17P2/c1-7-9-11-13-14-15-16-17-18-22-25-30-35-41-47-53-68(73)81-59-66(87-69(74)54-48-42-36-31-26-23-20-19-21-24-28-33-39-44-50-62(3)4)61-85-89(78,79)83-57-64(71)56-82-88(76,77)84-60-65(58-80-67(72)52-46-38-12-10-8-2)86-70(75)55-49-43-37-32-27-29-34-40-45-51-63(5)6/h62-66,71H,7-61H2,1-6H3,(H,76,77)(H,78,79)/t64-,65+,66+/m0/s1. The van der Waals surface area contributed by atoms with E-state index in [1.807, 2.05) is 0 Å². The Kier molecular flexibility index (Phi) is 60.8. The molecule has 0 aromatic carbocycles.